The molecule has 0 saturated carbocycles. The Morgan fingerprint density at radius 2 is 2.12 bits per heavy atom. The van der Waals surface area contributed by atoms with E-state index in [2.05, 4.69) is 10.3 Å². The first-order valence-electron chi connectivity index (χ1n) is 8.04. The predicted molar refractivity (Wildman–Crippen MR) is 94.4 cm³/mol. The molecule has 0 spiro atoms. The molecule has 0 bridgehead atoms. The average molecular weight is 355 g/mol. The van der Waals surface area contributed by atoms with Crippen LogP contribution in [0, 0.1) is 0 Å². The highest BCUT2D eigenvalue weighted by atomic mass is 32.1. The number of nitrogens with zero attached hydrogens (tertiary/aromatic N) is 4. The van der Waals surface area contributed by atoms with Crippen molar-refractivity contribution in [1.29, 1.82) is 0 Å². The van der Waals surface area contributed by atoms with Crippen LogP contribution in [0.1, 0.15) is 43.8 Å². The molecule has 1 saturated heterocycles. The van der Waals surface area contributed by atoms with E-state index in [0.29, 0.717) is 22.5 Å². The van der Waals surface area contributed by atoms with Gasteiger partial charge in [0.2, 0.25) is 0 Å². The van der Waals surface area contributed by atoms with Crippen LogP contribution in [-0.2, 0) is 7.05 Å². The smallest absolute Gasteiger partial charge is 0.258 e. The van der Waals surface area contributed by atoms with E-state index in [4.69, 9.17) is 5.73 Å². The molecule has 2 N–H and O–H groups in total. The van der Waals surface area contributed by atoms with Gasteiger partial charge in [0, 0.05) is 24.0 Å². The van der Waals surface area contributed by atoms with Crippen molar-refractivity contribution < 1.29 is 9.59 Å². The fourth-order valence-corrected chi connectivity index (χ4v) is 4.32. The van der Waals surface area contributed by atoms with E-state index in [9.17, 15) is 9.59 Å². The van der Waals surface area contributed by atoms with E-state index in [1.807, 2.05) is 30.1 Å². The molecule has 3 aromatic rings. The standard InChI is InChI=1S/C17H17N5O2S/c1-21-12-5-4-10(9-11(12)19-20-21)17(24)22-8-2-3-13(22)14-6-7-15(25-14)16(18)23/h4-7,9,13H,2-3,8H2,1H3,(H2,18,23)/t13-/m1/s1. The van der Waals surface area contributed by atoms with Crippen molar-refractivity contribution in [3.05, 3.63) is 45.6 Å². The van der Waals surface area contributed by atoms with Crippen molar-refractivity contribution in [2.75, 3.05) is 6.54 Å². The number of nitrogens with two attached hydrogens (primary N) is 1. The van der Waals surface area contributed by atoms with Crippen molar-refractivity contribution >= 4 is 34.2 Å². The second-order valence-electron chi connectivity index (χ2n) is 6.14. The van der Waals surface area contributed by atoms with Crippen LogP contribution < -0.4 is 5.73 Å². The number of aromatic nitrogens is 3. The van der Waals surface area contributed by atoms with Gasteiger partial charge in [0.05, 0.1) is 16.4 Å². The summed E-state index contributed by atoms with van der Waals surface area (Å²) in [4.78, 5) is 27.7. The quantitative estimate of drug-likeness (QED) is 0.778. The summed E-state index contributed by atoms with van der Waals surface area (Å²) in [5, 5.41) is 8.06. The van der Waals surface area contributed by atoms with Gasteiger partial charge >= 0.3 is 0 Å². The molecule has 25 heavy (non-hydrogen) atoms. The molecule has 2 amide bonds. The maximum atomic E-state index is 13.0. The molecule has 0 unspecified atom stereocenters. The second kappa shape index (κ2) is 5.96. The summed E-state index contributed by atoms with van der Waals surface area (Å²) < 4.78 is 1.68. The summed E-state index contributed by atoms with van der Waals surface area (Å²) in [5.41, 5.74) is 7.54. The van der Waals surface area contributed by atoms with Gasteiger partial charge in [-0.05, 0) is 43.2 Å². The Balaban J connectivity index is 1.63. The minimum atomic E-state index is -0.430. The SMILES string of the molecule is Cn1nnc2cc(C(=O)N3CCC[C@@H]3c3ccc(C(N)=O)s3)ccc21. The highest BCUT2D eigenvalue weighted by Gasteiger charge is 2.32. The summed E-state index contributed by atoms with van der Waals surface area (Å²) in [6.45, 7) is 0.700. The fourth-order valence-electron chi connectivity index (χ4n) is 3.31. The lowest BCUT2D eigenvalue weighted by atomic mass is 10.1. The number of aryl methyl sites for hydroxylation is 1. The van der Waals surface area contributed by atoms with E-state index < -0.39 is 5.91 Å². The molecule has 1 atom stereocenters. The number of amides is 2. The molecule has 1 aromatic carbocycles. The lowest BCUT2D eigenvalue weighted by Gasteiger charge is -2.24. The zero-order valence-corrected chi connectivity index (χ0v) is 14.5. The highest BCUT2D eigenvalue weighted by molar-refractivity contribution is 7.14. The topological polar surface area (TPSA) is 94.1 Å². The zero-order chi connectivity index (χ0) is 17.6. The van der Waals surface area contributed by atoms with Crippen LogP contribution in [0.25, 0.3) is 11.0 Å². The molecular formula is C17H17N5O2S. The fraction of sp³-hybridized carbons (Fsp3) is 0.294. The number of primary amides is 1. The molecule has 1 aliphatic heterocycles. The normalized spacial score (nSPS) is 17.3. The monoisotopic (exact) mass is 355 g/mol. The van der Waals surface area contributed by atoms with Crippen LogP contribution in [0.15, 0.2) is 30.3 Å². The molecule has 7 nitrogen and oxygen atoms in total. The van der Waals surface area contributed by atoms with E-state index in [-0.39, 0.29) is 11.9 Å². The number of carbonyl (C=O) groups excluding carboxylic acids is 2. The maximum Gasteiger partial charge on any atom is 0.258 e. The van der Waals surface area contributed by atoms with E-state index in [0.717, 1.165) is 23.2 Å². The third-order valence-corrected chi connectivity index (χ3v) is 5.77. The van der Waals surface area contributed by atoms with E-state index >= 15 is 0 Å². The summed E-state index contributed by atoms with van der Waals surface area (Å²) in [6, 6.07) is 9.07. The lowest BCUT2D eigenvalue weighted by molar-refractivity contribution is 0.0738. The Bertz CT molecular complexity index is 976. The first kappa shape index (κ1) is 15.8. The van der Waals surface area contributed by atoms with Gasteiger partial charge < -0.3 is 10.6 Å². The molecule has 1 fully saturated rings. The summed E-state index contributed by atoms with van der Waals surface area (Å²) >= 11 is 1.37. The lowest BCUT2D eigenvalue weighted by Crippen LogP contribution is -2.30. The van der Waals surface area contributed by atoms with Crippen LogP contribution in [0.3, 0.4) is 0 Å². The summed E-state index contributed by atoms with van der Waals surface area (Å²) in [5.74, 6) is -0.454. The third kappa shape index (κ3) is 2.68. The van der Waals surface area contributed by atoms with Crippen LogP contribution in [-0.4, -0.2) is 38.3 Å². The minimum Gasteiger partial charge on any atom is -0.365 e. The number of likely N-dealkylation sites (tertiary alicyclic amines) is 1. The van der Waals surface area contributed by atoms with E-state index in [1.54, 1.807) is 16.8 Å². The average Bonchev–Trinajstić information content (AvgIpc) is 3.33. The number of rotatable bonds is 3. The number of carbonyl (C=O) groups is 2. The number of fused-ring (bicyclic) bond motifs is 1. The summed E-state index contributed by atoms with van der Waals surface area (Å²) in [6.07, 6.45) is 1.82. The summed E-state index contributed by atoms with van der Waals surface area (Å²) in [7, 11) is 1.82. The van der Waals surface area contributed by atoms with Crippen molar-refractivity contribution in [1.82, 2.24) is 19.9 Å². The van der Waals surface area contributed by atoms with Gasteiger partial charge in [-0.15, -0.1) is 16.4 Å². The van der Waals surface area contributed by atoms with Gasteiger partial charge in [0.1, 0.15) is 5.52 Å². The Kier molecular flexibility index (Phi) is 3.76. The minimum absolute atomic E-state index is 0.0110. The molecule has 0 radical (unpaired) electrons. The van der Waals surface area contributed by atoms with Gasteiger partial charge in [-0.3, -0.25) is 9.59 Å². The predicted octanol–water partition coefficient (Wildman–Crippen LogP) is 2.11. The van der Waals surface area contributed by atoms with E-state index in [1.165, 1.54) is 11.3 Å². The van der Waals surface area contributed by atoms with Crippen molar-refractivity contribution in [3.63, 3.8) is 0 Å². The number of hydrogen-bond donors (Lipinski definition) is 1. The molecule has 128 valence electrons. The molecule has 4 rings (SSSR count). The highest BCUT2D eigenvalue weighted by Crippen LogP contribution is 2.36. The van der Waals surface area contributed by atoms with Gasteiger partial charge in [-0.1, -0.05) is 5.21 Å². The number of hydrogen-bond acceptors (Lipinski definition) is 5. The first-order valence-corrected chi connectivity index (χ1v) is 8.86. The molecule has 0 aliphatic carbocycles. The van der Waals surface area contributed by atoms with Crippen LogP contribution in [0.2, 0.25) is 0 Å². The van der Waals surface area contributed by atoms with Crippen molar-refractivity contribution in [2.24, 2.45) is 12.8 Å². The van der Waals surface area contributed by atoms with Crippen molar-refractivity contribution in [2.45, 2.75) is 18.9 Å². The Morgan fingerprint density at radius 1 is 1.28 bits per heavy atom. The molecule has 3 heterocycles. The van der Waals surface area contributed by atoms with Crippen molar-refractivity contribution in [3.8, 4) is 0 Å². The van der Waals surface area contributed by atoms with Gasteiger partial charge in [0.15, 0.2) is 0 Å². The zero-order valence-electron chi connectivity index (χ0n) is 13.7. The number of benzene rings is 1. The third-order valence-electron chi connectivity index (χ3n) is 4.57. The largest absolute Gasteiger partial charge is 0.365 e. The molecule has 8 heteroatoms. The molecule has 1 aliphatic rings. The number of thiophene rings is 1. The van der Waals surface area contributed by atoms with Gasteiger partial charge in [0.25, 0.3) is 11.8 Å². The Morgan fingerprint density at radius 3 is 2.88 bits per heavy atom. The van der Waals surface area contributed by atoms with Gasteiger partial charge in [-0.2, -0.15) is 0 Å². The second-order valence-corrected chi connectivity index (χ2v) is 7.25. The van der Waals surface area contributed by atoms with Crippen LogP contribution in [0.5, 0.6) is 0 Å². The van der Waals surface area contributed by atoms with Crippen LogP contribution in [0.4, 0.5) is 0 Å². The Hall–Kier alpha value is -2.74. The maximum absolute atomic E-state index is 13.0. The van der Waals surface area contributed by atoms with Crippen LogP contribution >= 0.6 is 11.3 Å². The molecular weight excluding hydrogens is 338 g/mol. The van der Waals surface area contributed by atoms with Gasteiger partial charge in [-0.25, -0.2) is 4.68 Å². The molecule has 2 aromatic heterocycles. The Labute approximate surface area is 148 Å². The first-order chi connectivity index (χ1) is 12.0.